The molecule has 0 bridgehead atoms. The van der Waals surface area contributed by atoms with Crippen molar-refractivity contribution in [1.29, 1.82) is 0 Å². The van der Waals surface area contributed by atoms with Crippen molar-refractivity contribution in [1.82, 2.24) is 14.8 Å². The molecule has 2 aliphatic heterocycles. The van der Waals surface area contributed by atoms with E-state index >= 15 is 0 Å². The van der Waals surface area contributed by atoms with Crippen molar-refractivity contribution in [3.05, 3.63) is 16.1 Å². The Morgan fingerprint density at radius 1 is 1.42 bits per heavy atom. The zero-order chi connectivity index (χ0) is 13.2. The number of piperidine rings is 2. The minimum absolute atomic E-state index is 0.534. The first kappa shape index (κ1) is 13.8. The molecule has 3 nitrogen and oxygen atoms in total. The summed E-state index contributed by atoms with van der Waals surface area (Å²) in [5.41, 5.74) is 1.02. The van der Waals surface area contributed by atoms with E-state index in [4.69, 9.17) is 11.6 Å². The molecule has 1 aromatic rings. The Bertz CT molecular complexity index is 423. The first-order valence-electron chi connectivity index (χ1n) is 7.18. The second-order valence-electron chi connectivity index (χ2n) is 5.84. The Hall–Kier alpha value is -0.160. The fourth-order valence-electron chi connectivity index (χ4n) is 3.55. The number of halogens is 1. The maximum Gasteiger partial charge on any atom is 0.107 e. The van der Waals surface area contributed by atoms with Crippen LogP contribution in [0.4, 0.5) is 0 Å². The molecule has 0 aromatic carbocycles. The monoisotopic (exact) mass is 299 g/mol. The van der Waals surface area contributed by atoms with E-state index in [1.165, 1.54) is 43.9 Å². The van der Waals surface area contributed by atoms with Crippen molar-refractivity contribution < 1.29 is 0 Å². The molecule has 2 aliphatic rings. The minimum atomic E-state index is 0.534. The van der Waals surface area contributed by atoms with E-state index in [0.717, 1.165) is 24.2 Å². The zero-order valence-corrected chi connectivity index (χ0v) is 13.1. The van der Waals surface area contributed by atoms with Crippen LogP contribution in [-0.4, -0.2) is 47.5 Å². The zero-order valence-electron chi connectivity index (χ0n) is 11.5. The van der Waals surface area contributed by atoms with E-state index < -0.39 is 0 Å². The van der Waals surface area contributed by atoms with Crippen molar-refractivity contribution in [3.63, 3.8) is 0 Å². The summed E-state index contributed by atoms with van der Waals surface area (Å²) in [6.45, 7) is 4.74. The molecule has 2 saturated heterocycles. The SMILES string of the molecule is CN1CCCC2CN(Cc3nc(CCl)cs3)CCC21. The summed E-state index contributed by atoms with van der Waals surface area (Å²) in [5.74, 6) is 1.39. The van der Waals surface area contributed by atoms with Gasteiger partial charge in [-0.3, -0.25) is 4.90 Å². The molecule has 3 heterocycles. The molecule has 1 aromatic heterocycles. The van der Waals surface area contributed by atoms with Crippen molar-refractivity contribution in [3.8, 4) is 0 Å². The Kier molecular flexibility index (Phi) is 4.42. The molecule has 2 fully saturated rings. The van der Waals surface area contributed by atoms with Crippen LogP contribution in [0.2, 0.25) is 0 Å². The van der Waals surface area contributed by atoms with Crippen molar-refractivity contribution >= 4 is 22.9 Å². The molecule has 0 spiro atoms. The van der Waals surface area contributed by atoms with Crippen molar-refractivity contribution in [2.75, 3.05) is 26.7 Å². The van der Waals surface area contributed by atoms with Gasteiger partial charge in [-0.25, -0.2) is 4.98 Å². The highest BCUT2D eigenvalue weighted by molar-refractivity contribution is 7.09. The van der Waals surface area contributed by atoms with Crippen LogP contribution in [0.25, 0.3) is 0 Å². The van der Waals surface area contributed by atoms with Crippen molar-refractivity contribution in [2.24, 2.45) is 5.92 Å². The van der Waals surface area contributed by atoms with Gasteiger partial charge in [0.1, 0.15) is 5.01 Å². The number of nitrogens with zero attached hydrogens (tertiary/aromatic N) is 3. The molecule has 2 atom stereocenters. The predicted octanol–water partition coefficient (Wildman–Crippen LogP) is 2.80. The van der Waals surface area contributed by atoms with Gasteiger partial charge >= 0.3 is 0 Å². The average Bonchev–Trinajstić information content (AvgIpc) is 2.86. The molecule has 5 heteroatoms. The first-order chi connectivity index (χ1) is 9.26. The van der Waals surface area contributed by atoms with E-state index in [2.05, 4.69) is 27.2 Å². The molecule has 2 unspecified atom stereocenters. The molecule has 0 radical (unpaired) electrons. The standard InChI is InChI=1S/C14H22ClN3S/c1-17-5-2-3-11-8-18(6-4-13(11)17)9-14-16-12(7-15)10-19-14/h10-11,13H,2-9H2,1H3. The third kappa shape index (κ3) is 3.13. The van der Waals surface area contributed by atoms with Crippen LogP contribution in [0.3, 0.4) is 0 Å². The lowest BCUT2D eigenvalue weighted by Gasteiger charge is -2.45. The van der Waals surface area contributed by atoms with Crippen LogP contribution in [0.5, 0.6) is 0 Å². The second kappa shape index (κ2) is 6.08. The van der Waals surface area contributed by atoms with Gasteiger partial charge in [-0.05, 0) is 38.8 Å². The second-order valence-corrected chi connectivity index (χ2v) is 7.05. The van der Waals surface area contributed by atoms with E-state index in [-0.39, 0.29) is 0 Å². The third-order valence-electron chi connectivity index (χ3n) is 4.52. The molecule has 106 valence electrons. The number of thiazole rings is 1. The van der Waals surface area contributed by atoms with Gasteiger partial charge in [0.05, 0.1) is 18.1 Å². The molecule has 0 saturated carbocycles. The third-order valence-corrected chi connectivity index (χ3v) is 5.68. The van der Waals surface area contributed by atoms with E-state index in [1.54, 1.807) is 11.3 Å². The molecule has 3 rings (SSSR count). The number of hydrogen-bond donors (Lipinski definition) is 0. The summed E-state index contributed by atoms with van der Waals surface area (Å²) >= 11 is 7.57. The summed E-state index contributed by atoms with van der Waals surface area (Å²) < 4.78 is 0. The highest BCUT2D eigenvalue weighted by Gasteiger charge is 2.34. The van der Waals surface area contributed by atoms with Gasteiger partial charge in [0.15, 0.2) is 0 Å². The summed E-state index contributed by atoms with van der Waals surface area (Å²) in [6, 6.07) is 0.819. The van der Waals surface area contributed by atoms with Gasteiger partial charge in [0.25, 0.3) is 0 Å². The summed E-state index contributed by atoms with van der Waals surface area (Å²) in [5, 5.41) is 3.31. The van der Waals surface area contributed by atoms with Crippen LogP contribution in [-0.2, 0) is 12.4 Å². The lowest BCUT2D eigenvalue weighted by Crippen LogP contribution is -2.52. The maximum atomic E-state index is 5.82. The Morgan fingerprint density at radius 3 is 3.11 bits per heavy atom. The predicted molar refractivity (Wildman–Crippen MR) is 80.7 cm³/mol. The molecular formula is C14H22ClN3S. The number of hydrogen-bond acceptors (Lipinski definition) is 4. The molecule has 0 aliphatic carbocycles. The van der Waals surface area contributed by atoms with Crippen LogP contribution < -0.4 is 0 Å². The van der Waals surface area contributed by atoms with Gasteiger partial charge < -0.3 is 4.90 Å². The number of fused-ring (bicyclic) bond motifs is 1. The van der Waals surface area contributed by atoms with Crippen molar-refractivity contribution in [2.45, 2.75) is 37.7 Å². The summed E-state index contributed by atoms with van der Waals surface area (Å²) in [6.07, 6.45) is 4.07. The Balaban J connectivity index is 1.58. The highest BCUT2D eigenvalue weighted by Crippen LogP contribution is 2.30. The van der Waals surface area contributed by atoms with E-state index in [0.29, 0.717) is 5.88 Å². The normalized spacial score (nSPS) is 29.4. The molecule has 19 heavy (non-hydrogen) atoms. The summed E-state index contributed by atoms with van der Waals surface area (Å²) in [4.78, 5) is 9.73. The van der Waals surface area contributed by atoms with E-state index in [1.807, 2.05) is 0 Å². The van der Waals surface area contributed by atoms with Gasteiger partial charge in [-0.2, -0.15) is 0 Å². The highest BCUT2D eigenvalue weighted by atomic mass is 35.5. The Morgan fingerprint density at radius 2 is 2.32 bits per heavy atom. The first-order valence-corrected chi connectivity index (χ1v) is 8.59. The number of aromatic nitrogens is 1. The van der Waals surface area contributed by atoms with Gasteiger partial charge in [0, 0.05) is 24.5 Å². The number of alkyl halides is 1. The quantitative estimate of drug-likeness (QED) is 0.800. The van der Waals surface area contributed by atoms with Gasteiger partial charge in [-0.1, -0.05) is 0 Å². The summed E-state index contributed by atoms with van der Waals surface area (Å²) in [7, 11) is 2.29. The fourth-order valence-corrected chi connectivity index (χ4v) is 4.61. The van der Waals surface area contributed by atoms with Crippen LogP contribution >= 0.6 is 22.9 Å². The van der Waals surface area contributed by atoms with Crippen LogP contribution in [0.1, 0.15) is 30.0 Å². The minimum Gasteiger partial charge on any atom is -0.303 e. The average molecular weight is 300 g/mol. The lowest BCUT2D eigenvalue weighted by molar-refractivity contribution is 0.0354. The van der Waals surface area contributed by atoms with Gasteiger partial charge in [0.2, 0.25) is 0 Å². The fraction of sp³-hybridized carbons (Fsp3) is 0.786. The number of likely N-dealkylation sites (tertiary alicyclic amines) is 2. The molecule has 0 amide bonds. The van der Waals surface area contributed by atoms with Crippen LogP contribution in [0, 0.1) is 5.92 Å². The largest absolute Gasteiger partial charge is 0.303 e. The molecule has 0 N–H and O–H groups in total. The number of rotatable bonds is 3. The molecular weight excluding hydrogens is 278 g/mol. The van der Waals surface area contributed by atoms with E-state index in [9.17, 15) is 0 Å². The van der Waals surface area contributed by atoms with Gasteiger partial charge in [-0.15, -0.1) is 22.9 Å². The maximum absolute atomic E-state index is 5.82. The smallest absolute Gasteiger partial charge is 0.107 e. The Labute approximate surface area is 124 Å². The lowest BCUT2D eigenvalue weighted by atomic mass is 9.84. The topological polar surface area (TPSA) is 19.4 Å². The van der Waals surface area contributed by atoms with Crippen LogP contribution in [0.15, 0.2) is 5.38 Å².